The second kappa shape index (κ2) is 6.12. The van der Waals surface area contributed by atoms with Crippen LogP contribution in [0.25, 0.3) is 11.0 Å². The van der Waals surface area contributed by atoms with Gasteiger partial charge in [0.1, 0.15) is 17.4 Å². The van der Waals surface area contributed by atoms with Crippen molar-refractivity contribution in [3.63, 3.8) is 0 Å². The summed E-state index contributed by atoms with van der Waals surface area (Å²) in [4.78, 5) is 11.3. The van der Waals surface area contributed by atoms with Crippen molar-refractivity contribution in [2.24, 2.45) is 11.8 Å². The SMILES string of the molecule is CC(C)CC(Oc1ccc2ccc(=O)oc2c1)C(C)C. The molecule has 0 saturated heterocycles. The molecule has 1 unspecified atom stereocenters. The fraction of sp³-hybridized carbons (Fsp3) is 0.471. The average molecular weight is 274 g/mol. The van der Waals surface area contributed by atoms with Crippen molar-refractivity contribution in [1.82, 2.24) is 0 Å². The zero-order valence-corrected chi connectivity index (χ0v) is 12.6. The maximum atomic E-state index is 11.3. The molecule has 1 aromatic heterocycles. The highest BCUT2D eigenvalue weighted by atomic mass is 16.5. The van der Waals surface area contributed by atoms with Gasteiger partial charge in [-0.05, 0) is 36.5 Å². The fourth-order valence-electron chi connectivity index (χ4n) is 2.21. The van der Waals surface area contributed by atoms with Crippen LogP contribution in [0.4, 0.5) is 0 Å². The Balaban J connectivity index is 2.25. The van der Waals surface area contributed by atoms with Gasteiger partial charge in [-0.25, -0.2) is 4.79 Å². The van der Waals surface area contributed by atoms with Crippen molar-refractivity contribution >= 4 is 11.0 Å². The van der Waals surface area contributed by atoms with E-state index in [1.54, 1.807) is 12.1 Å². The zero-order valence-electron chi connectivity index (χ0n) is 12.6. The summed E-state index contributed by atoms with van der Waals surface area (Å²) in [5, 5.41) is 0.905. The number of benzene rings is 1. The highest BCUT2D eigenvalue weighted by Gasteiger charge is 2.17. The van der Waals surface area contributed by atoms with E-state index < -0.39 is 0 Å². The maximum absolute atomic E-state index is 11.3. The summed E-state index contributed by atoms with van der Waals surface area (Å²) in [7, 11) is 0. The molecule has 2 aromatic rings. The van der Waals surface area contributed by atoms with Gasteiger partial charge in [-0.2, -0.15) is 0 Å². The maximum Gasteiger partial charge on any atom is 0.336 e. The molecule has 1 atom stereocenters. The van der Waals surface area contributed by atoms with Crippen molar-refractivity contribution in [3.8, 4) is 5.75 Å². The Labute approximate surface area is 119 Å². The lowest BCUT2D eigenvalue weighted by Crippen LogP contribution is -2.25. The first-order valence-electron chi connectivity index (χ1n) is 7.16. The van der Waals surface area contributed by atoms with Gasteiger partial charge in [0.15, 0.2) is 0 Å². The summed E-state index contributed by atoms with van der Waals surface area (Å²) in [6, 6.07) is 8.84. The zero-order chi connectivity index (χ0) is 14.7. The van der Waals surface area contributed by atoms with E-state index in [4.69, 9.17) is 9.15 Å². The van der Waals surface area contributed by atoms with Crippen LogP contribution in [0.3, 0.4) is 0 Å². The van der Waals surface area contributed by atoms with Gasteiger partial charge in [-0.15, -0.1) is 0 Å². The van der Waals surface area contributed by atoms with Crippen LogP contribution in [0, 0.1) is 11.8 Å². The van der Waals surface area contributed by atoms with Gasteiger partial charge in [0.2, 0.25) is 0 Å². The Kier molecular flexibility index (Phi) is 4.48. The van der Waals surface area contributed by atoms with E-state index in [1.165, 1.54) is 6.07 Å². The van der Waals surface area contributed by atoms with Gasteiger partial charge in [0.25, 0.3) is 0 Å². The minimum absolute atomic E-state index is 0.169. The van der Waals surface area contributed by atoms with Crippen LogP contribution in [0.1, 0.15) is 34.1 Å². The molecule has 0 fully saturated rings. The van der Waals surface area contributed by atoms with Crippen LogP contribution in [0.5, 0.6) is 5.75 Å². The van der Waals surface area contributed by atoms with Crippen molar-refractivity contribution in [2.75, 3.05) is 0 Å². The summed E-state index contributed by atoms with van der Waals surface area (Å²) < 4.78 is 11.3. The number of fused-ring (bicyclic) bond motifs is 1. The molecular formula is C17H22O3. The molecule has 0 bridgehead atoms. The fourth-order valence-corrected chi connectivity index (χ4v) is 2.21. The Hall–Kier alpha value is -1.77. The molecule has 0 aliphatic carbocycles. The molecule has 1 heterocycles. The van der Waals surface area contributed by atoms with Crippen LogP contribution in [0.15, 0.2) is 39.5 Å². The molecular weight excluding hydrogens is 252 g/mol. The van der Waals surface area contributed by atoms with Crippen LogP contribution in [-0.4, -0.2) is 6.10 Å². The number of hydrogen-bond donors (Lipinski definition) is 0. The molecule has 20 heavy (non-hydrogen) atoms. The molecule has 108 valence electrons. The molecule has 0 aliphatic rings. The first-order chi connectivity index (χ1) is 9.45. The van der Waals surface area contributed by atoms with E-state index in [1.807, 2.05) is 12.1 Å². The highest BCUT2D eigenvalue weighted by Crippen LogP contribution is 2.24. The Morgan fingerprint density at radius 1 is 1.10 bits per heavy atom. The van der Waals surface area contributed by atoms with Crippen molar-refractivity contribution in [1.29, 1.82) is 0 Å². The molecule has 3 nitrogen and oxygen atoms in total. The first kappa shape index (κ1) is 14.6. The molecule has 0 amide bonds. The predicted octanol–water partition coefficient (Wildman–Crippen LogP) is 4.24. The molecule has 0 spiro atoms. The molecule has 1 aromatic carbocycles. The minimum Gasteiger partial charge on any atom is -0.490 e. The van der Waals surface area contributed by atoms with Gasteiger partial charge < -0.3 is 9.15 Å². The molecule has 0 saturated carbocycles. The summed E-state index contributed by atoms with van der Waals surface area (Å²) in [6.07, 6.45) is 1.18. The number of hydrogen-bond acceptors (Lipinski definition) is 3. The van der Waals surface area contributed by atoms with E-state index in [9.17, 15) is 4.79 Å². The monoisotopic (exact) mass is 274 g/mol. The molecule has 0 N–H and O–H groups in total. The lowest BCUT2D eigenvalue weighted by Gasteiger charge is -2.24. The largest absolute Gasteiger partial charge is 0.490 e. The lowest BCUT2D eigenvalue weighted by molar-refractivity contribution is 0.127. The van der Waals surface area contributed by atoms with Crippen LogP contribution in [-0.2, 0) is 0 Å². The topological polar surface area (TPSA) is 39.4 Å². The van der Waals surface area contributed by atoms with E-state index in [2.05, 4.69) is 27.7 Å². The molecule has 0 aliphatic heterocycles. The third-order valence-electron chi connectivity index (χ3n) is 3.33. The standard InChI is InChI=1S/C17H22O3/c1-11(2)9-15(12(3)4)19-14-7-5-13-6-8-17(18)20-16(13)10-14/h5-8,10-12,15H,9H2,1-4H3. The van der Waals surface area contributed by atoms with Crippen molar-refractivity contribution in [2.45, 2.75) is 40.2 Å². The summed E-state index contributed by atoms with van der Waals surface area (Å²) >= 11 is 0. The summed E-state index contributed by atoms with van der Waals surface area (Å²) in [5.74, 6) is 1.78. The Morgan fingerprint density at radius 2 is 1.80 bits per heavy atom. The molecule has 2 rings (SSSR count). The summed E-state index contributed by atoms with van der Waals surface area (Å²) in [5.41, 5.74) is 0.235. The Bertz CT molecular complexity index is 625. The average Bonchev–Trinajstić information content (AvgIpc) is 2.36. The number of rotatable bonds is 5. The van der Waals surface area contributed by atoms with Gasteiger partial charge in [-0.3, -0.25) is 0 Å². The van der Waals surface area contributed by atoms with Gasteiger partial charge in [0, 0.05) is 17.5 Å². The van der Waals surface area contributed by atoms with Crippen LogP contribution in [0.2, 0.25) is 0 Å². The van der Waals surface area contributed by atoms with Crippen LogP contribution >= 0.6 is 0 Å². The highest BCUT2D eigenvalue weighted by molar-refractivity contribution is 5.77. The van der Waals surface area contributed by atoms with E-state index >= 15 is 0 Å². The van der Waals surface area contributed by atoms with Crippen LogP contribution < -0.4 is 10.4 Å². The van der Waals surface area contributed by atoms with Gasteiger partial charge in [0.05, 0.1) is 0 Å². The third-order valence-corrected chi connectivity index (χ3v) is 3.33. The Morgan fingerprint density at radius 3 is 2.45 bits per heavy atom. The second-order valence-electron chi connectivity index (χ2n) is 5.98. The van der Waals surface area contributed by atoms with Gasteiger partial charge >= 0.3 is 5.63 Å². The van der Waals surface area contributed by atoms with E-state index in [-0.39, 0.29) is 11.7 Å². The smallest absolute Gasteiger partial charge is 0.336 e. The number of ether oxygens (including phenoxy) is 1. The quantitative estimate of drug-likeness (QED) is 0.765. The van der Waals surface area contributed by atoms with Crippen molar-refractivity contribution < 1.29 is 9.15 Å². The molecule has 0 radical (unpaired) electrons. The third kappa shape index (κ3) is 3.62. The van der Waals surface area contributed by atoms with Crippen molar-refractivity contribution in [3.05, 3.63) is 40.8 Å². The summed E-state index contributed by atoms with van der Waals surface area (Å²) in [6.45, 7) is 8.71. The predicted molar refractivity (Wildman–Crippen MR) is 81.2 cm³/mol. The second-order valence-corrected chi connectivity index (χ2v) is 5.98. The minimum atomic E-state index is -0.336. The van der Waals surface area contributed by atoms with Gasteiger partial charge in [-0.1, -0.05) is 27.7 Å². The van der Waals surface area contributed by atoms with E-state index in [0.717, 1.165) is 17.6 Å². The molecule has 3 heteroatoms. The lowest BCUT2D eigenvalue weighted by atomic mass is 9.97. The normalized spacial score (nSPS) is 13.1. The van der Waals surface area contributed by atoms with E-state index in [0.29, 0.717) is 17.4 Å². The first-order valence-corrected chi connectivity index (χ1v) is 7.16.